The Morgan fingerprint density at radius 3 is 2.50 bits per heavy atom. The van der Waals surface area contributed by atoms with Gasteiger partial charge in [0, 0.05) is 18.2 Å². The number of hydrogen-bond acceptors (Lipinski definition) is 2. The van der Waals surface area contributed by atoms with Crippen molar-refractivity contribution in [3.63, 3.8) is 0 Å². The summed E-state index contributed by atoms with van der Waals surface area (Å²) in [6.07, 6.45) is 7.40. The molecule has 1 heterocycles. The van der Waals surface area contributed by atoms with E-state index in [9.17, 15) is 0 Å². The molecule has 1 N–H and O–H groups in total. The van der Waals surface area contributed by atoms with Crippen LogP contribution in [0.5, 0.6) is 0 Å². The van der Waals surface area contributed by atoms with Crippen LogP contribution in [-0.2, 0) is 11.2 Å². The van der Waals surface area contributed by atoms with Crippen LogP contribution in [0.1, 0.15) is 37.7 Å². The fourth-order valence-electron chi connectivity index (χ4n) is 2.78. The van der Waals surface area contributed by atoms with Gasteiger partial charge in [0.2, 0.25) is 0 Å². The van der Waals surface area contributed by atoms with Crippen molar-refractivity contribution in [1.82, 2.24) is 5.32 Å². The number of aryl methyl sites for hydroxylation is 1. The molecule has 0 spiro atoms. The zero-order valence-electron chi connectivity index (χ0n) is 12.2. The Kier molecular flexibility index (Phi) is 7.42. The van der Waals surface area contributed by atoms with E-state index in [2.05, 4.69) is 17.4 Å². The fourth-order valence-corrected chi connectivity index (χ4v) is 2.90. The van der Waals surface area contributed by atoms with Crippen LogP contribution in [0.3, 0.4) is 0 Å². The Bertz CT molecular complexity index is 360. The predicted molar refractivity (Wildman–Crippen MR) is 85.4 cm³/mol. The van der Waals surface area contributed by atoms with Crippen molar-refractivity contribution in [2.45, 2.75) is 38.5 Å². The van der Waals surface area contributed by atoms with Crippen LogP contribution < -0.4 is 5.32 Å². The molecule has 2 rings (SSSR count). The highest BCUT2D eigenvalue weighted by atomic mass is 35.5. The van der Waals surface area contributed by atoms with E-state index in [1.165, 1.54) is 44.3 Å². The monoisotopic (exact) mass is 295 g/mol. The molecule has 0 unspecified atom stereocenters. The van der Waals surface area contributed by atoms with Gasteiger partial charge in [-0.2, -0.15) is 0 Å². The van der Waals surface area contributed by atoms with Crippen molar-refractivity contribution < 1.29 is 4.74 Å². The van der Waals surface area contributed by atoms with Crippen molar-refractivity contribution in [2.75, 3.05) is 26.3 Å². The van der Waals surface area contributed by atoms with Crippen molar-refractivity contribution in [3.05, 3.63) is 34.9 Å². The van der Waals surface area contributed by atoms with E-state index in [1.54, 1.807) is 0 Å². The fraction of sp³-hybridized carbons (Fsp3) is 0.647. The standard InChI is InChI=1S/C17H26ClNO/c18-17-7-5-15(6-8-17)3-1-13-20-14-2-4-16-9-11-19-12-10-16/h5-8,16,19H,1-4,9-14H2. The van der Waals surface area contributed by atoms with Gasteiger partial charge in [0.05, 0.1) is 0 Å². The van der Waals surface area contributed by atoms with Crippen LogP contribution in [-0.4, -0.2) is 26.3 Å². The average molecular weight is 296 g/mol. The average Bonchev–Trinajstić information content (AvgIpc) is 2.49. The smallest absolute Gasteiger partial charge is 0.0469 e. The van der Waals surface area contributed by atoms with Gasteiger partial charge in [0.15, 0.2) is 0 Å². The molecule has 0 atom stereocenters. The molecule has 1 saturated heterocycles. The molecular weight excluding hydrogens is 270 g/mol. The topological polar surface area (TPSA) is 21.3 Å². The molecule has 0 amide bonds. The normalized spacial score (nSPS) is 16.4. The number of piperidine rings is 1. The van der Waals surface area contributed by atoms with Crippen LogP contribution in [0.25, 0.3) is 0 Å². The molecule has 1 aromatic rings. The summed E-state index contributed by atoms with van der Waals surface area (Å²) in [5.74, 6) is 0.925. The third kappa shape index (κ3) is 6.25. The van der Waals surface area contributed by atoms with E-state index in [1.807, 2.05) is 12.1 Å². The molecule has 1 aliphatic rings. The quantitative estimate of drug-likeness (QED) is 0.730. The zero-order chi connectivity index (χ0) is 14.0. The lowest BCUT2D eigenvalue weighted by Crippen LogP contribution is -2.27. The minimum atomic E-state index is 0.808. The maximum Gasteiger partial charge on any atom is 0.0469 e. The van der Waals surface area contributed by atoms with Gasteiger partial charge in [0.1, 0.15) is 0 Å². The third-order valence-electron chi connectivity index (χ3n) is 4.03. The van der Waals surface area contributed by atoms with Gasteiger partial charge < -0.3 is 10.1 Å². The number of rotatable bonds is 8. The summed E-state index contributed by atoms with van der Waals surface area (Å²) in [4.78, 5) is 0. The number of hydrogen-bond donors (Lipinski definition) is 1. The number of ether oxygens (including phenoxy) is 1. The van der Waals surface area contributed by atoms with E-state index < -0.39 is 0 Å². The molecule has 112 valence electrons. The molecule has 1 aliphatic heterocycles. The first kappa shape index (κ1) is 15.8. The number of nitrogens with one attached hydrogen (secondary N) is 1. The largest absolute Gasteiger partial charge is 0.381 e. The van der Waals surface area contributed by atoms with Crippen LogP contribution in [0.2, 0.25) is 5.02 Å². The van der Waals surface area contributed by atoms with Crippen molar-refractivity contribution in [2.24, 2.45) is 5.92 Å². The maximum atomic E-state index is 5.87. The summed E-state index contributed by atoms with van der Waals surface area (Å²) in [7, 11) is 0. The lowest BCUT2D eigenvalue weighted by molar-refractivity contribution is 0.123. The van der Waals surface area contributed by atoms with Gasteiger partial charge in [-0.05, 0) is 75.2 Å². The van der Waals surface area contributed by atoms with Gasteiger partial charge in [-0.25, -0.2) is 0 Å². The van der Waals surface area contributed by atoms with Gasteiger partial charge in [-0.1, -0.05) is 23.7 Å². The highest BCUT2D eigenvalue weighted by molar-refractivity contribution is 6.30. The van der Waals surface area contributed by atoms with Crippen LogP contribution in [0.15, 0.2) is 24.3 Å². The first-order chi connectivity index (χ1) is 9.84. The molecule has 1 aromatic carbocycles. The molecule has 0 saturated carbocycles. The minimum Gasteiger partial charge on any atom is -0.381 e. The first-order valence-corrected chi connectivity index (χ1v) is 8.25. The molecule has 0 radical (unpaired) electrons. The predicted octanol–water partition coefficient (Wildman–Crippen LogP) is 4.07. The highest BCUT2D eigenvalue weighted by Crippen LogP contribution is 2.17. The molecule has 1 fully saturated rings. The second kappa shape index (κ2) is 9.38. The lowest BCUT2D eigenvalue weighted by atomic mass is 9.93. The number of benzene rings is 1. The molecule has 0 bridgehead atoms. The van der Waals surface area contributed by atoms with Gasteiger partial charge >= 0.3 is 0 Å². The summed E-state index contributed by atoms with van der Waals surface area (Å²) in [5, 5.41) is 4.22. The summed E-state index contributed by atoms with van der Waals surface area (Å²) < 4.78 is 5.73. The van der Waals surface area contributed by atoms with Crippen LogP contribution >= 0.6 is 11.6 Å². The van der Waals surface area contributed by atoms with E-state index in [0.29, 0.717) is 0 Å². The summed E-state index contributed by atoms with van der Waals surface area (Å²) >= 11 is 5.87. The molecule has 20 heavy (non-hydrogen) atoms. The summed E-state index contributed by atoms with van der Waals surface area (Å²) in [5.41, 5.74) is 1.34. The Morgan fingerprint density at radius 1 is 1.05 bits per heavy atom. The van der Waals surface area contributed by atoms with E-state index >= 15 is 0 Å². The maximum absolute atomic E-state index is 5.87. The Balaban J connectivity index is 1.44. The minimum absolute atomic E-state index is 0.808. The summed E-state index contributed by atoms with van der Waals surface area (Å²) in [6, 6.07) is 8.10. The Labute approximate surface area is 127 Å². The molecule has 0 aliphatic carbocycles. The van der Waals surface area contributed by atoms with Gasteiger partial charge in [0.25, 0.3) is 0 Å². The van der Waals surface area contributed by atoms with Crippen LogP contribution in [0, 0.1) is 5.92 Å². The lowest BCUT2D eigenvalue weighted by Gasteiger charge is -2.22. The second-order valence-corrected chi connectivity index (χ2v) is 6.11. The van der Waals surface area contributed by atoms with Crippen LogP contribution in [0.4, 0.5) is 0 Å². The number of halogens is 1. The summed E-state index contributed by atoms with van der Waals surface area (Å²) in [6.45, 7) is 4.19. The molecular formula is C17H26ClNO. The van der Waals surface area contributed by atoms with Gasteiger partial charge in [-0.15, -0.1) is 0 Å². The Morgan fingerprint density at radius 2 is 1.75 bits per heavy atom. The molecule has 2 nitrogen and oxygen atoms in total. The van der Waals surface area contributed by atoms with E-state index in [-0.39, 0.29) is 0 Å². The van der Waals surface area contributed by atoms with Gasteiger partial charge in [-0.3, -0.25) is 0 Å². The van der Waals surface area contributed by atoms with E-state index in [0.717, 1.165) is 37.0 Å². The first-order valence-electron chi connectivity index (χ1n) is 7.87. The molecule has 0 aromatic heterocycles. The highest BCUT2D eigenvalue weighted by Gasteiger charge is 2.11. The zero-order valence-corrected chi connectivity index (χ0v) is 13.0. The Hall–Kier alpha value is -0.570. The molecule has 3 heteroatoms. The van der Waals surface area contributed by atoms with E-state index in [4.69, 9.17) is 16.3 Å². The third-order valence-corrected chi connectivity index (χ3v) is 4.28. The van der Waals surface area contributed by atoms with Crippen molar-refractivity contribution in [3.8, 4) is 0 Å². The SMILES string of the molecule is Clc1ccc(CCCOCCCC2CCNCC2)cc1. The van der Waals surface area contributed by atoms with Crippen molar-refractivity contribution in [1.29, 1.82) is 0 Å². The van der Waals surface area contributed by atoms with Crippen molar-refractivity contribution >= 4 is 11.6 Å². The second-order valence-electron chi connectivity index (χ2n) is 5.68.